The maximum Gasteiger partial charge on any atom is 0.305 e. The highest BCUT2D eigenvalue weighted by molar-refractivity contribution is 5.80. The summed E-state index contributed by atoms with van der Waals surface area (Å²) >= 11 is 0. The Balaban J connectivity index is 1.42. The quantitative estimate of drug-likeness (QED) is 0.382. The zero-order valence-electron chi connectivity index (χ0n) is 22.8. The van der Waals surface area contributed by atoms with Gasteiger partial charge in [0.05, 0.1) is 25.9 Å². The van der Waals surface area contributed by atoms with Crippen molar-refractivity contribution in [3.63, 3.8) is 0 Å². The third-order valence-corrected chi connectivity index (χ3v) is 7.62. The van der Waals surface area contributed by atoms with Crippen molar-refractivity contribution in [2.45, 2.75) is 52.5 Å². The summed E-state index contributed by atoms with van der Waals surface area (Å²) in [5.74, 6) is 1.15. The van der Waals surface area contributed by atoms with Gasteiger partial charge in [0.15, 0.2) is 0 Å². The molecule has 2 fully saturated rings. The van der Waals surface area contributed by atoms with Crippen LogP contribution in [0.1, 0.15) is 51.5 Å². The Morgan fingerprint density at radius 1 is 1.03 bits per heavy atom. The van der Waals surface area contributed by atoms with Gasteiger partial charge in [0.2, 0.25) is 5.91 Å². The minimum absolute atomic E-state index is 0.0260. The van der Waals surface area contributed by atoms with Crippen LogP contribution in [0.4, 0.5) is 4.39 Å². The van der Waals surface area contributed by atoms with Crippen LogP contribution in [-0.2, 0) is 20.9 Å². The first kappa shape index (κ1) is 27.9. The van der Waals surface area contributed by atoms with E-state index in [0.717, 1.165) is 67.2 Å². The number of piperidine rings is 1. The number of ether oxygens (including phenoxy) is 3. The summed E-state index contributed by atoms with van der Waals surface area (Å²) in [6.45, 7) is 8.90. The summed E-state index contributed by atoms with van der Waals surface area (Å²) in [5, 5.41) is 0. The lowest BCUT2D eigenvalue weighted by Gasteiger charge is -2.39. The van der Waals surface area contributed by atoms with Crippen molar-refractivity contribution >= 4 is 11.9 Å². The molecule has 0 aliphatic carbocycles. The Morgan fingerprint density at radius 3 is 2.24 bits per heavy atom. The molecule has 2 heterocycles. The predicted molar refractivity (Wildman–Crippen MR) is 144 cm³/mol. The zero-order valence-corrected chi connectivity index (χ0v) is 22.8. The van der Waals surface area contributed by atoms with Gasteiger partial charge in [-0.25, -0.2) is 4.39 Å². The van der Waals surface area contributed by atoms with E-state index in [4.69, 9.17) is 14.2 Å². The van der Waals surface area contributed by atoms with Crippen molar-refractivity contribution in [2.75, 3.05) is 46.5 Å². The van der Waals surface area contributed by atoms with Crippen molar-refractivity contribution in [1.82, 2.24) is 9.80 Å². The van der Waals surface area contributed by atoms with Gasteiger partial charge in [0.1, 0.15) is 17.3 Å². The van der Waals surface area contributed by atoms with Crippen LogP contribution in [0.2, 0.25) is 0 Å². The van der Waals surface area contributed by atoms with E-state index in [0.29, 0.717) is 39.0 Å². The summed E-state index contributed by atoms with van der Waals surface area (Å²) < 4.78 is 30.3. The second kappa shape index (κ2) is 12.6. The average Bonchev–Trinajstić information content (AvgIpc) is 3.21. The smallest absolute Gasteiger partial charge is 0.305 e. The number of esters is 1. The first-order valence-corrected chi connectivity index (χ1v) is 13.6. The van der Waals surface area contributed by atoms with Crippen molar-refractivity contribution in [3.05, 3.63) is 47.8 Å². The highest BCUT2D eigenvalue weighted by atomic mass is 19.1. The highest BCUT2D eigenvalue weighted by Gasteiger charge is 2.44. The number of nitrogens with zero attached hydrogens (tertiary/aromatic N) is 2. The molecule has 0 radical (unpaired) electrons. The maximum atomic E-state index is 13.6. The van der Waals surface area contributed by atoms with Gasteiger partial charge in [-0.2, -0.15) is 0 Å². The summed E-state index contributed by atoms with van der Waals surface area (Å²) in [6.07, 6.45) is 3.51. The summed E-state index contributed by atoms with van der Waals surface area (Å²) in [4.78, 5) is 28.4. The van der Waals surface area contributed by atoms with Crippen LogP contribution in [0.15, 0.2) is 36.4 Å². The highest BCUT2D eigenvalue weighted by Crippen LogP contribution is 2.43. The lowest BCUT2D eigenvalue weighted by atomic mass is 9.77. The van der Waals surface area contributed by atoms with E-state index in [1.165, 1.54) is 19.2 Å². The Bertz CT molecular complexity index is 1090. The molecule has 206 valence electrons. The SMILES string of the molecule is CCOc1cc(CN2CCC3(CC2)CC(=O)N(CCCC(=O)OC)C3)cc(OCC)c1-c1ccc(F)cc1. The third kappa shape index (κ3) is 6.65. The van der Waals surface area contributed by atoms with Gasteiger partial charge in [-0.3, -0.25) is 14.5 Å². The predicted octanol–water partition coefficient (Wildman–Crippen LogP) is 5.06. The summed E-state index contributed by atoms with van der Waals surface area (Å²) in [6, 6.07) is 10.5. The maximum absolute atomic E-state index is 13.6. The van der Waals surface area contributed by atoms with Crippen LogP contribution < -0.4 is 9.47 Å². The Hall–Kier alpha value is -3.13. The van der Waals surface area contributed by atoms with E-state index in [1.807, 2.05) is 18.7 Å². The molecule has 2 aromatic rings. The third-order valence-electron chi connectivity index (χ3n) is 7.62. The van der Waals surface area contributed by atoms with E-state index >= 15 is 0 Å². The van der Waals surface area contributed by atoms with Crippen molar-refractivity contribution < 1.29 is 28.2 Å². The molecule has 8 heteroatoms. The first-order chi connectivity index (χ1) is 18.4. The second-order valence-electron chi connectivity index (χ2n) is 10.3. The van der Waals surface area contributed by atoms with E-state index in [9.17, 15) is 14.0 Å². The van der Waals surface area contributed by atoms with Crippen LogP contribution in [-0.4, -0.2) is 68.2 Å². The second-order valence-corrected chi connectivity index (χ2v) is 10.3. The number of likely N-dealkylation sites (tertiary alicyclic amines) is 2. The minimum Gasteiger partial charge on any atom is -0.493 e. The van der Waals surface area contributed by atoms with Crippen LogP contribution >= 0.6 is 0 Å². The van der Waals surface area contributed by atoms with Gasteiger partial charge in [-0.15, -0.1) is 0 Å². The lowest BCUT2D eigenvalue weighted by Crippen LogP contribution is -2.41. The molecule has 1 amide bonds. The van der Waals surface area contributed by atoms with Crippen LogP contribution in [0.25, 0.3) is 11.1 Å². The standard InChI is InChI=1S/C30H39FN2O5/c1-4-37-25-17-22(18-26(38-5-2)29(25)23-8-10-24(31)11-9-23)20-32-15-12-30(13-16-32)19-27(34)33(21-30)14-6-7-28(35)36-3/h8-11,17-18H,4-7,12-16,19-21H2,1-3H3. The number of rotatable bonds is 11. The largest absolute Gasteiger partial charge is 0.493 e. The molecular weight excluding hydrogens is 487 g/mol. The number of methoxy groups -OCH3 is 1. The molecule has 0 N–H and O–H groups in total. The normalized spacial score (nSPS) is 17.2. The Morgan fingerprint density at radius 2 is 1.66 bits per heavy atom. The number of hydrogen-bond acceptors (Lipinski definition) is 6. The molecule has 7 nitrogen and oxygen atoms in total. The number of benzene rings is 2. The average molecular weight is 527 g/mol. The van der Waals surface area contributed by atoms with Crippen molar-refractivity contribution in [2.24, 2.45) is 5.41 Å². The molecule has 2 aliphatic heterocycles. The fraction of sp³-hybridized carbons (Fsp3) is 0.533. The van der Waals surface area contributed by atoms with Gasteiger partial charge >= 0.3 is 5.97 Å². The molecular formula is C30H39FN2O5. The van der Waals surface area contributed by atoms with Crippen LogP contribution in [0.5, 0.6) is 11.5 Å². The van der Waals surface area contributed by atoms with E-state index < -0.39 is 0 Å². The van der Waals surface area contributed by atoms with Crippen molar-refractivity contribution in [1.29, 1.82) is 0 Å². The molecule has 0 atom stereocenters. The monoisotopic (exact) mass is 526 g/mol. The number of carbonyl (C=O) groups excluding carboxylic acids is 2. The number of hydrogen-bond donors (Lipinski definition) is 0. The van der Waals surface area contributed by atoms with Gasteiger partial charge < -0.3 is 19.1 Å². The van der Waals surface area contributed by atoms with E-state index in [-0.39, 0.29) is 23.1 Å². The fourth-order valence-corrected chi connectivity index (χ4v) is 5.66. The van der Waals surface area contributed by atoms with Crippen LogP contribution in [0.3, 0.4) is 0 Å². The molecule has 1 spiro atoms. The zero-order chi connectivity index (χ0) is 27.1. The summed E-state index contributed by atoms with van der Waals surface area (Å²) in [7, 11) is 1.39. The Labute approximate surface area is 224 Å². The van der Waals surface area contributed by atoms with Gasteiger partial charge in [-0.1, -0.05) is 12.1 Å². The van der Waals surface area contributed by atoms with Crippen molar-refractivity contribution in [3.8, 4) is 22.6 Å². The Kier molecular flexibility index (Phi) is 9.26. The first-order valence-electron chi connectivity index (χ1n) is 13.6. The van der Waals surface area contributed by atoms with E-state index in [2.05, 4.69) is 17.0 Å². The number of carbonyl (C=O) groups is 2. The fourth-order valence-electron chi connectivity index (χ4n) is 5.66. The van der Waals surface area contributed by atoms with Gasteiger partial charge in [0.25, 0.3) is 0 Å². The molecule has 2 aromatic carbocycles. The van der Waals surface area contributed by atoms with Gasteiger partial charge in [0, 0.05) is 32.5 Å². The summed E-state index contributed by atoms with van der Waals surface area (Å²) in [5.41, 5.74) is 2.82. The topological polar surface area (TPSA) is 68.3 Å². The number of amides is 1. The van der Waals surface area contributed by atoms with Gasteiger partial charge in [-0.05, 0) is 87.0 Å². The van der Waals surface area contributed by atoms with Crippen LogP contribution in [0, 0.1) is 11.2 Å². The molecule has 0 unspecified atom stereocenters. The molecule has 0 saturated carbocycles. The molecule has 0 bridgehead atoms. The number of halogens is 1. The van der Waals surface area contributed by atoms with E-state index in [1.54, 1.807) is 12.1 Å². The molecule has 38 heavy (non-hydrogen) atoms. The molecule has 2 saturated heterocycles. The minimum atomic E-state index is -0.280. The lowest BCUT2D eigenvalue weighted by molar-refractivity contribution is -0.141. The molecule has 0 aromatic heterocycles. The molecule has 2 aliphatic rings. The molecule has 4 rings (SSSR count).